The molecule has 0 unspecified atom stereocenters. The van der Waals surface area contributed by atoms with E-state index in [1.807, 2.05) is 6.92 Å². The second-order valence-corrected chi connectivity index (χ2v) is 4.25. The Kier molecular flexibility index (Phi) is 3.22. The zero-order chi connectivity index (χ0) is 11.5. The molecule has 5 heteroatoms. The van der Waals surface area contributed by atoms with E-state index < -0.39 is 0 Å². The Morgan fingerprint density at radius 3 is 2.94 bits per heavy atom. The molecule has 1 aliphatic heterocycles. The van der Waals surface area contributed by atoms with Crippen LogP contribution in [0.3, 0.4) is 0 Å². The molecule has 0 amide bonds. The summed E-state index contributed by atoms with van der Waals surface area (Å²) in [4.78, 5) is 23.3. The molecular formula is C11H17N3O2. The van der Waals surface area contributed by atoms with Crippen LogP contribution in [0, 0.1) is 0 Å². The van der Waals surface area contributed by atoms with Crippen molar-refractivity contribution in [3.63, 3.8) is 0 Å². The van der Waals surface area contributed by atoms with Gasteiger partial charge in [-0.15, -0.1) is 0 Å². The molecule has 0 aromatic carbocycles. The molecule has 0 N–H and O–H groups in total. The lowest BCUT2D eigenvalue weighted by atomic mass is 10.2. The maximum absolute atomic E-state index is 11.9. The molecule has 0 spiro atoms. The Balaban J connectivity index is 2.19. The van der Waals surface area contributed by atoms with Crippen molar-refractivity contribution in [3.8, 4) is 0 Å². The van der Waals surface area contributed by atoms with Crippen molar-refractivity contribution < 1.29 is 4.79 Å². The van der Waals surface area contributed by atoms with E-state index in [4.69, 9.17) is 0 Å². The number of fused-ring (bicyclic) bond motifs is 1. The summed E-state index contributed by atoms with van der Waals surface area (Å²) in [6, 6.07) is 0. The molecule has 0 bridgehead atoms. The smallest absolute Gasteiger partial charge is 0.298 e. The van der Waals surface area contributed by atoms with Gasteiger partial charge in [0.1, 0.15) is 12.4 Å². The molecule has 0 fully saturated rings. The molecular weight excluding hydrogens is 206 g/mol. The Bertz CT molecular complexity index is 445. The molecule has 16 heavy (non-hydrogen) atoms. The van der Waals surface area contributed by atoms with Gasteiger partial charge < -0.3 is 0 Å². The highest BCUT2D eigenvalue weighted by molar-refractivity contribution is 5.77. The van der Waals surface area contributed by atoms with Gasteiger partial charge in [0.15, 0.2) is 5.78 Å². The van der Waals surface area contributed by atoms with Crippen LogP contribution in [0.25, 0.3) is 0 Å². The fourth-order valence-electron chi connectivity index (χ4n) is 2.08. The number of hydrogen-bond acceptors (Lipinski definition) is 3. The summed E-state index contributed by atoms with van der Waals surface area (Å²) in [7, 11) is 0. The third-order valence-electron chi connectivity index (χ3n) is 2.89. The number of Topliss-reactive ketones (excluding diaryl/α,β-unsaturated/α-hetero) is 1. The standard InChI is InChI=1S/C11H17N3O2/c1-2-5-9(15)8-14-11(16)13-7-4-3-6-10(13)12-14/h2-8H2,1H3. The molecule has 1 aromatic heterocycles. The highest BCUT2D eigenvalue weighted by atomic mass is 16.2. The molecule has 0 saturated heterocycles. The van der Waals surface area contributed by atoms with Gasteiger partial charge in [0.25, 0.3) is 0 Å². The lowest BCUT2D eigenvalue weighted by Crippen LogP contribution is -2.28. The van der Waals surface area contributed by atoms with E-state index in [1.54, 1.807) is 4.57 Å². The molecule has 0 aliphatic carbocycles. The zero-order valence-corrected chi connectivity index (χ0v) is 9.61. The average molecular weight is 223 g/mol. The number of carbonyl (C=O) groups is 1. The minimum atomic E-state index is -0.126. The van der Waals surface area contributed by atoms with Crippen molar-refractivity contribution in [1.82, 2.24) is 14.3 Å². The largest absolute Gasteiger partial charge is 0.346 e. The molecule has 1 aromatic rings. The van der Waals surface area contributed by atoms with Gasteiger partial charge in [-0.05, 0) is 19.3 Å². The third kappa shape index (κ3) is 2.08. The van der Waals surface area contributed by atoms with Crippen LogP contribution >= 0.6 is 0 Å². The highest BCUT2D eigenvalue weighted by Gasteiger charge is 2.17. The predicted molar refractivity (Wildman–Crippen MR) is 59.3 cm³/mol. The van der Waals surface area contributed by atoms with Crippen molar-refractivity contribution in [2.45, 2.75) is 52.1 Å². The predicted octanol–water partition coefficient (Wildman–Crippen LogP) is 0.750. The number of hydrogen-bond donors (Lipinski definition) is 0. The van der Waals surface area contributed by atoms with Crippen molar-refractivity contribution >= 4 is 5.78 Å². The first-order valence-corrected chi connectivity index (χ1v) is 5.90. The van der Waals surface area contributed by atoms with Crippen molar-refractivity contribution in [3.05, 3.63) is 16.3 Å². The molecule has 2 heterocycles. The van der Waals surface area contributed by atoms with Gasteiger partial charge in [0.05, 0.1) is 0 Å². The van der Waals surface area contributed by atoms with Crippen molar-refractivity contribution in [1.29, 1.82) is 0 Å². The number of nitrogens with zero attached hydrogens (tertiary/aromatic N) is 3. The van der Waals surface area contributed by atoms with Crippen molar-refractivity contribution in [2.75, 3.05) is 0 Å². The van der Waals surface area contributed by atoms with E-state index in [2.05, 4.69) is 5.10 Å². The monoisotopic (exact) mass is 223 g/mol. The summed E-state index contributed by atoms with van der Waals surface area (Å²) in [5.74, 6) is 0.917. The van der Waals surface area contributed by atoms with Gasteiger partial charge in [-0.25, -0.2) is 9.48 Å². The van der Waals surface area contributed by atoms with Gasteiger partial charge in [-0.3, -0.25) is 9.36 Å². The summed E-state index contributed by atoms with van der Waals surface area (Å²) in [6.45, 7) is 2.83. The summed E-state index contributed by atoms with van der Waals surface area (Å²) >= 11 is 0. The molecule has 5 nitrogen and oxygen atoms in total. The normalized spacial score (nSPS) is 14.8. The first-order chi connectivity index (χ1) is 7.72. The summed E-state index contributed by atoms with van der Waals surface area (Å²) in [5.41, 5.74) is -0.126. The lowest BCUT2D eigenvalue weighted by molar-refractivity contribution is -0.119. The van der Waals surface area contributed by atoms with Gasteiger partial charge in [-0.2, -0.15) is 5.10 Å². The number of aromatic nitrogens is 3. The Morgan fingerprint density at radius 1 is 1.44 bits per heavy atom. The van der Waals surface area contributed by atoms with Gasteiger partial charge in [0.2, 0.25) is 0 Å². The maximum atomic E-state index is 11.9. The first kappa shape index (κ1) is 11.1. The third-order valence-corrected chi connectivity index (χ3v) is 2.89. The highest BCUT2D eigenvalue weighted by Crippen LogP contribution is 2.09. The number of aryl methyl sites for hydroxylation is 1. The van der Waals surface area contributed by atoms with Gasteiger partial charge in [0, 0.05) is 19.4 Å². The van der Waals surface area contributed by atoms with E-state index in [0.717, 1.165) is 38.1 Å². The van der Waals surface area contributed by atoms with Crippen LogP contribution < -0.4 is 5.69 Å². The quantitative estimate of drug-likeness (QED) is 0.757. The van der Waals surface area contributed by atoms with Crippen LogP contribution in [-0.4, -0.2) is 20.1 Å². The molecule has 0 atom stereocenters. The second-order valence-electron chi connectivity index (χ2n) is 4.25. The van der Waals surface area contributed by atoms with Crippen LogP contribution in [0.1, 0.15) is 38.4 Å². The minimum Gasteiger partial charge on any atom is -0.298 e. The van der Waals surface area contributed by atoms with E-state index in [0.29, 0.717) is 6.42 Å². The number of rotatable bonds is 4. The first-order valence-electron chi connectivity index (χ1n) is 5.90. The van der Waals surface area contributed by atoms with E-state index in [-0.39, 0.29) is 18.0 Å². The fraction of sp³-hybridized carbons (Fsp3) is 0.727. The number of carbonyl (C=O) groups excluding carboxylic acids is 1. The Labute approximate surface area is 94.1 Å². The Morgan fingerprint density at radius 2 is 2.25 bits per heavy atom. The van der Waals surface area contributed by atoms with Crippen LogP contribution in [0.15, 0.2) is 4.79 Å². The summed E-state index contributed by atoms with van der Waals surface area (Å²) in [6.07, 6.45) is 4.31. The maximum Gasteiger partial charge on any atom is 0.346 e. The molecule has 0 radical (unpaired) electrons. The van der Waals surface area contributed by atoms with Crippen LogP contribution in [0.5, 0.6) is 0 Å². The Hall–Kier alpha value is -1.39. The van der Waals surface area contributed by atoms with Gasteiger partial charge in [-0.1, -0.05) is 6.92 Å². The van der Waals surface area contributed by atoms with E-state index in [1.165, 1.54) is 4.68 Å². The zero-order valence-electron chi connectivity index (χ0n) is 9.61. The minimum absolute atomic E-state index is 0.0834. The molecule has 88 valence electrons. The summed E-state index contributed by atoms with van der Waals surface area (Å²) < 4.78 is 3.02. The van der Waals surface area contributed by atoms with Gasteiger partial charge >= 0.3 is 5.69 Å². The molecule has 2 rings (SSSR count). The topological polar surface area (TPSA) is 56.9 Å². The van der Waals surface area contributed by atoms with Crippen LogP contribution in [0.2, 0.25) is 0 Å². The lowest BCUT2D eigenvalue weighted by Gasteiger charge is -2.09. The second kappa shape index (κ2) is 4.63. The molecule has 1 aliphatic rings. The van der Waals surface area contributed by atoms with Crippen molar-refractivity contribution in [2.24, 2.45) is 0 Å². The summed E-state index contributed by atoms with van der Waals surface area (Å²) in [5, 5.41) is 4.22. The SMILES string of the molecule is CCCC(=O)Cn1nc2n(c1=O)CCCC2. The average Bonchev–Trinajstić information content (AvgIpc) is 2.57. The van der Waals surface area contributed by atoms with Crippen LogP contribution in [-0.2, 0) is 24.3 Å². The fourth-order valence-corrected chi connectivity index (χ4v) is 2.08. The number of ketones is 1. The van der Waals surface area contributed by atoms with E-state index >= 15 is 0 Å². The van der Waals surface area contributed by atoms with E-state index in [9.17, 15) is 9.59 Å². The van der Waals surface area contributed by atoms with Crippen LogP contribution in [0.4, 0.5) is 0 Å². The molecule has 0 saturated carbocycles.